The van der Waals surface area contributed by atoms with Crippen LogP contribution in [0.2, 0.25) is 0 Å². The number of carbonyl (C=O) groups is 2. The van der Waals surface area contributed by atoms with Crippen LogP contribution in [0.4, 0.5) is 10.1 Å². The number of nitrogens with one attached hydrogen (secondary N) is 2. The van der Waals surface area contributed by atoms with Crippen molar-refractivity contribution >= 4 is 28.5 Å². The summed E-state index contributed by atoms with van der Waals surface area (Å²) in [5.41, 5.74) is 2.00. The number of halogens is 1. The van der Waals surface area contributed by atoms with Gasteiger partial charge < -0.3 is 20.3 Å². The number of ketones is 1. The Bertz CT molecular complexity index is 1010. The van der Waals surface area contributed by atoms with Crippen molar-refractivity contribution in [3.63, 3.8) is 0 Å². The number of aliphatic carboxylic acids is 1. The van der Waals surface area contributed by atoms with Gasteiger partial charge in [0.15, 0.2) is 5.78 Å². The predicted molar refractivity (Wildman–Crippen MR) is 105 cm³/mol. The molecule has 2 aromatic heterocycles. The minimum atomic E-state index is -0.755. The highest BCUT2D eigenvalue weighted by Gasteiger charge is 2.47. The first kappa shape index (κ1) is 18.1. The zero-order valence-corrected chi connectivity index (χ0v) is 15.9. The van der Waals surface area contributed by atoms with Gasteiger partial charge in [0.1, 0.15) is 11.5 Å². The third-order valence-corrected chi connectivity index (χ3v) is 6.72. The fourth-order valence-corrected chi connectivity index (χ4v) is 5.45. The van der Waals surface area contributed by atoms with Crippen LogP contribution in [0, 0.1) is 23.6 Å². The second kappa shape index (κ2) is 6.86. The number of carbonyl (C=O) groups excluding carboxylic acids is 1. The Hall–Kier alpha value is -2.90. The van der Waals surface area contributed by atoms with Crippen LogP contribution in [-0.4, -0.2) is 46.0 Å². The van der Waals surface area contributed by atoms with E-state index in [1.54, 1.807) is 12.3 Å². The molecule has 0 saturated heterocycles. The van der Waals surface area contributed by atoms with Crippen molar-refractivity contribution in [1.29, 1.82) is 0 Å². The fourth-order valence-electron chi connectivity index (χ4n) is 5.45. The molecule has 1 aliphatic heterocycles. The van der Waals surface area contributed by atoms with Crippen molar-refractivity contribution < 1.29 is 19.1 Å². The summed E-state index contributed by atoms with van der Waals surface area (Å²) in [7, 11) is 0. The van der Waals surface area contributed by atoms with Crippen LogP contribution < -0.4 is 10.2 Å². The Morgan fingerprint density at radius 1 is 1.24 bits per heavy atom. The van der Waals surface area contributed by atoms with E-state index in [1.165, 1.54) is 6.07 Å². The summed E-state index contributed by atoms with van der Waals surface area (Å²) < 4.78 is 13.7. The van der Waals surface area contributed by atoms with E-state index in [1.807, 2.05) is 4.90 Å². The number of nitrogens with zero attached hydrogens (tertiary/aromatic N) is 2. The lowest BCUT2D eigenvalue weighted by atomic mass is 9.61. The molecule has 3 saturated carbocycles. The SMILES string of the molecule is O=C1C=C(NC2[C@H]3CC[C@H](CC3)[C@@H]2C(=O)O)CN(c2c[nH]c3ncc(F)cc23)C1. The number of pyridine rings is 1. The molecule has 7 nitrogen and oxygen atoms in total. The molecule has 0 aromatic carbocycles. The molecule has 0 spiro atoms. The van der Waals surface area contributed by atoms with E-state index < -0.39 is 17.7 Å². The Morgan fingerprint density at radius 3 is 2.76 bits per heavy atom. The third kappa shape index (κ3) is 3.16. The Kier molecular flexibility index (Phi) is 4.29. The van der Waals surface area contributed by atoms with Crippen LogP contribution in [0.3, 0.4) is 0 Å². The summed E-state index contributed by atoms with van der Waals surface area (Å²) in [6.07, 6.45) is 8.48. The second-order valence-electron chi connectivity index (χ2n) is 8.42. The zero-order chi connectivity index (χ0) is 20.1. The summed E-state index contributed by atoms with van der Waals surface area (Å²) in [5, 5.41) is 13.8. The minimum absolute atomic E-state index is 0.0645. The van der Waals surface area contributed by atoms with Crippen molar-refractivity contribution in [1.82, 2.24) is 15.3 Å². The van der Waals surface area contributed by atoms with E-state index in [2.05, 4.69) is 15.3 Å². The van der Waals surface area contributed by atoms with Crippen LogP contribution in [0.25, 0.3) is 11.0 Å². The van der Waals surface area contributed by atoms with Crippen molar-refractivity contribution in [3.05, 3.63) is 36.1 Å². The minimum Gasteiger partial charge on any atom is -0.481 e. The summed E-state index contributed by atoms with van der Waals surface area (Å²) in [5.74, 6) is -1.15. The molecule has 2 bridgehead atoms. The molecule has 3 fully saturated rings. The molecule has 6 rings (SSSR count). The van der Waals surface area contributed by atoms with Gasteiger partial charge >= 0.3 is 5.97 Å². The molecule has 3 aliphatic carbocycles. The highest BCUT2D eigenvalue weighted by molar-refractivity contribution is 5.99. The standard InChI is InChI=1S/C21H23FN4O3/c22-13-5-16-17(8-24-20(16)23-7-13)26-9-14(6-15(27)10-26)25-19-12-3-1-11(2-4-12)18(19)21(28)29/h5-8,11-12,18-19,25H,1-4,9-10H2,(H,23,24)(H,28,29)/t11-,12+,18-,19?/m0/s1. The molecule has 8 heteroatoms. The molecule has 0 amide bonds. The number of H-pyrrole nitrogens is 1. The molecular formula is C21H23FN4O3. The highest BCUT2D eigenvalue weighted by Crippen LogP contribution is 2.45. The van der Waals surface area contributed by atoms with Gasteiger partial charge in [0.2, 0.25) is 0 Å². The topological polar surface area (TPSA) is 98.3 Å². The van der Waals surface area contributed by atoms with Gasteiger partial charge in [-0.3, -0.25) is 9.59 Å². The normalized spacial score (nSPS) is 29.2. The van der Waals surface area contributed by atoms with Gasteiger partial charge in [0, 0.05) is 29.4 Å². The van der Waals surface area contributed by atoms with Crippen LogP contribution in [0.5, 0.6) is 0 Å². The van der Waals surface area contributed by atoms with Gasteiger partial charge in [0.25, 0.3) is 0 Å². The fraction of sp³-hybridized carbons (Fsp3) is 0.476. The lowest BCUT2D eigenvalue weighted by molar-refractivity contribution is -0.149. The number of hydrogen-bond donors (Lipinski definition) is 3. The molecule has 2 atom stereocenters. The van der Waals surface area contributed by atoms with E-state index in [0.29, 0.717) is 29.2 Å². The summed E-state index contributed by atoms with van der Waals surface area (Å²) in [6, 6.07) is 1.26. The smallest absolute Gasteiger partial charge is 0.308 e. The number of aromatic amines is 1. The van der Waals surface area contributed by atoms with Crippen LogP contribution in [-0.2, 0) is 9.59 Å². The van der Waals surface area contributed by atoms with Crippen LogP contribution >= 0.6 is 0 Å². The quantitative estimate of drug-likeness (QED) is 0.732. The van der Waals surface area contributed by atoms with Crippen LogP contribution in [0.1, 0.15) is 25.7 Å². The maximum atomic E-state index is 13.7. The van der Waals surface area contributed by atoms with E-state index in [0.717, 1.165) is 37.6 Å². The Morgan fingerprint density at radius 2 is 2.00 bits per heavy atom. The van der Waals surface area contributed by atoms with Gasteiger partial charge in [-0.05, 0) is 43.6 Å². The maximum absolute atomic E-state index is 13.7. The number of fused-ring (bicyclic) bond motifs is 4. The molecule has 4 aliphatic rings. The largest absolute Gasteiger partial charge is 0.481 e. The number of anilines is 1. The van der Waals surface area contributed by atoms with E-state index in [9.17, 15) is 19.1 Å². The number of carboxylic acids is 1. The Labute approximate surface area is 167 Å². The monoisotopic (exact) mass is 398 g/mol. The number of aromatic nitrogens is 2. The van der Waals surface area contributed by atoms with Crippen molar-refractivity contribution in [3.8, 4) is 0 Å². The number of rotatable bonds is 4. The lowest BCUT2D eigenvalue weighted by Crippen LogP contribution is -2.55. The Balaban J connectivity index is 1.40. The van der Waals surface area contributed by atoms with Crippen molar-refractivity contribution in [2.45, 2.75) is 31.7 Å². The first-order valence-electron chi connectivity index (χ1n) is 10.1. The highest BCUT2D eigenvalue weighted by atomic mass is 19.1. The molecule has 29 heavy (non-hydrogen) atoms. The predicted octanol–water partition coefficient (Wildman–Crippen LogP) is 2.45. The molecule has 3 N–H and O–H groups in total. The average Bonchev–Trinajstić information content (AvgIpc) is 3.11. The molecule has 2 aromatic rings. The summed E-state index contributed by atoms with van der Waals surface area (Å²) in [6.45, 7) is 0.628. The van der Waals surface area contributed by atoms with E-state index in [4.69, 9.17) is 0 Å². The number of hydrogen-bond acceptors (Lipinski definition) is 5. The third-order valence-electron chi connectivity index (χ3n) is 6.72. The molecule has 3 heterocycles. The summed E-state index contributed by atoms with van der Waals surface area (Å²) >= 11 is 0. The molecule has 152 valence electrons. The van der Waals surface area contributed by atoms with Gasteiger partial charge in [-0.25, -0.2) is 9.37 Å². The first-order chi connectivity index (χ1) is 14.0. The summed E-state index contributed by atoms with van der Waals surface area (Å²) in [4.78, 5) is 33.3. The average molecular weight is 398 g/mol. The molecule has 0 radical (unpaired) electrons. The van der Waals surface area contributed by atoms with E-state index in [-0.39, 0.29) is 24.3 Å². The van der Waals surface area contributed by atoms with Crippen LogP contribution in [0.15, 0.2) is 30.2 Å². The molecular weight excluding hydrogens is 375 g/mol. The van der Waals surface area contributed by atoms with Gasteiger partial charge in [-0.15, -0.1) is 0 Å². The lowest BCUT2D eigenvalue weighted by Gasteiger charge is -2.48. The second-order valence-corrected chi connectivity index (χ2v) is 8.42. The van der Waals surface area contributed by atoms with Gasteiger partial charge in [-0.1, -0.05) is 0 Å². The van der Waals surface area contributed by atoms with Gasteiger partial charge in [0.05, 0.1) is 30.9 Å². The van der Waals surface area contributed by atoms with E-state index >= 15 is 0 Å². The van der Waals surface area contributed by atoms with Crippen molar-refractivity contribution in [2.75, 3.05) is 18.0 Å². The first-order valence-corrected chi connectivity index (χ1v) is 10.1. The van der Waals surface area contributed by atoms with Crippen molar-refractivity contribution in [2.24, 2.45) is 17.8 Å². The molecule has 1 unspecified atom stereocenters. The number of carboxylic acid groups (broad SMARTS) is 1. The maximum Gasteiger partial charge on any atom is 0.308 e. The van der Waals surface area contributed by atoms with Gasteiger partial charge in [-0.2, -0.15) is 0 Å². The zero-order valence-electron chi connectivity index (χ0n) is 15.9.